The number of hydrogen-bond donors (Lipinski definition) is 7. The highest BCUT2D eigenvalue weighted by Crippen LogP contribution is 2.19. The molecule has 2 aromatic rings. The third kappa shape index (κ3) is 7.09. The number of aromatic amines is 1. The number of carbonyl (C=O) groups excluding carboxylic acids is 4. The molecule has 1 aromatic heterocycles. The summed E-state index contributed by atoms with van der Waals surface area (Å²) >= 11 is 0. The van der Waals surface area contributed by atoms with Crippen LogP contribution < -0.4 is 27.4 Å². The molecule has 1 heterocycles. The van der Waals surface area contributed by atoms with Crippen molar-refractivity contribution in [1.29, 1.82) is 0 Å². The molecule has 0 fully saturated rings. The summed E-state index contributed by atoms with van der Waals surface area (Å²) in [4.78, 5) is 61.9. The summed E-state index contributed by atoms with van der Waals surface area (Å²) < 4.78 is 0. The van der Waals surface area contributed by atoms with E-state index in [4.69, 9.17) is 11.5 Å². The highest BCUT2D eigenvalue weighted by Gasteiger charge is 2.27. The molecule has 0 aliphatic heterocycles. The summed E-state index contributed by atoms with van der Waals surface area (Å²) in [6, 6.07) is 4.80. The molecule has 0 bridgehead atoms. The van der Waals surface area contributed by atoms with Crippen LogP contribution >= 0.6 is 0 Å². The first-order chi connectivity index (χ1) is 15.2. The zero-order chi connectivity index (χ0) is 23.7. The number of aliphatic carboxylic acids is 1. The van der Waals surface area contributed by atoms with E-state index in [0.29, 0.717) is 5.56 Å². The molecule has 1 aromatic carbocycles. The Morgan fingerprint density at radius 3 is 2.41 bits per heavy atom. The number of para-hydroxylation sites is 1. The smallest absolute Gasteiger partial charge is 0.326 e. The zero-order valence-electron chi connectivity index (χ0n) is 17.2. The summed E-state index contributed by atoms with van der Waals surface area (Å²) in [6.45, 7) is -0.749. The number of fused-ring (bicyclic) bond motifs is 1. The van der Waals surface area contributed by atoms with E-state index in [2.05, 4.69) is 20.9 Å². The molecule has 12 heteroatoms. The number of carboxylic acid groups (broad SMARTS) is 1. The molecule has 0 radical (unpaired) electrons. The maximum absolute atomic E-state index is 12.7. The van der Waals surface area contributed by atoms with Crippen molar-refractivity contribution in [3.05, 3.63) is 36.0 Å². The van der Waals surface area contributed by atoms with E-state index in [1.165, 1.54) is 0 Å². The van der Waals surface area contributed by atoms with E-state index in [0.717, 1.165) is 10.9 Å². The number of primary amides is 1. The van der Waals surface area contributed by atoms with E-state index in [9.17, 15) is 29.1 Å². The molecule has 12 nitrogen and oxygen atoms in total. The number of nitrogens with one attached hydrogen (secondary N) is 4. The van der Waals surface area contributed by atoms with Crippen LogP contribution in [-0.2, 0) is 30.4 Å². The maximum Gasteiger partial charge on any atom is 0.326 e. The number of aromatic nitrogens is 1. The van der Waals surface area contributed by atoms with Crippen molar-refractivity contribution in [1.82, 2.24) is 20.9 Å². The molecule has 0 saturated carbocycles. The van der Waals surface area contributed by atoms with Crippen molar-refractivity contribution >= 4 is 40.5 Å². The second-order valence-electron chi connectivity index (χ2n) is 7.07. The van der Waals surface area contributed by atoms with Gasteiger partial charge in [-0.1, -0.05) is 18.2 Å². The van der Waals surface area contributed by atoms with Crippen LogP contribution in [0.1, 0.15) is 18.4 Å². The molecular formula is C20H26N6O6. The van der Waals surface area contributed by atoms with Crippen molar-refractivity contribution in [2.75, 3.05) is 13.1 Å². The van der Waals surface area contributed by atoms with Crippen molar-refractivity contribution in [3.63, 3.8) is 0 Å². The van der Waals surface area contributed by atoms with Crippen LogP contribution in [0.4, 0.5) is 0 Å². The predicted octanol–water partition coefficient (Wildman–Crippen LogP) is -1.89. The van der Waals surface area contributed by atoms with Gasteiger partial charge in [-0.25, -0.2) is 4.79 Å². The van der Waals surface area contributed by atoms with E-state index >= 15 is 0 Å². The zero-order valence-corrected chi connectivity index (χ0v) is 17.2. The van der Waals surface area contributed by atoms with Gasteiger partial charge in [0.1, 0.15) is 12.1 Å². The Labute approximate surface area is 183 Å². The lowest BCUT2D eigenvalue weighted by molar-refractivity contribution is -0.142. The number of carboxylic acids is 1. The molecule has 0 spiro atoms. The topological polar surface area (TPSA) is 209 Å². The Balaban J connectivity index is 2.09. The van der Waals surface area contributed by atoms with Crippen LogP contribution in [0.15, 0.2) is 30.5 Å². The minimum atomic E-state index is -1.29. The molecule has 2 atom stereocenters. The standard InChI is InChI=1S/C20H26N6O6/c21-8-17(28)24-10-18(29)25-14(5-6-16(22)27)19(30)26-15(20(31)32)7-11-9-23-13-4-2-1-3-12(11)13/h1-4,9,14-15,23H,5-8,10,21H2,(H2,22,27)(H,24,28)(H,25,29)(H,26,30)(H,31,32). The van der Waals surface area contributed by atoms with Gasteiger partial charge in [-0.05, 0) is 18.1 Å². The van der Waals surface area contributed by atoms with Gasteiger partial charge in [-0.3, -0.25) is 19.2 Å². The fourth-order valence-corrected chi connectivity index (χ4v) is 3.04. The van der Waals surface area contributed by atoms with Gasteiger partial charge < -0.3 is 37.5 Å². The Kier molecular flexibility index (Phi) is 8.72. The van der Waals surface area contributed by atoms with Gasteiger partial charge in [0.05, 0.1) is 13.1 Å². The number of amides is 4. The molecular weight excluding hydrogens is 420 g/mol. The highest BCUT2D eigenvalue weighted by atomic mass is 16.4. The van der Waals surface area contributed by atoms with Gasteiger partial charge in [-0.15, -0.1) is 0 Å². The number of nitrogens with two attached hydrogens (primary N) is 2. The first-order valence-corrected chi connectivity index (χ1v) is 9.83. The molecule has 9 N–H and O–H groups in total. The summed E-state index contributed by atoms with van der Waals surface area (Å²) in [5.74, 6) is -4.03. The summed E-state index contributed by atoms with van der Waals surface area (Å²) in [6.07, 6.45) is 1.30. The lowest BCUT2D eigenvalue weighted by atomic mass is 10.0. The monoisotopic (exact) mass is 446 g/mol. The van der Waals surface area contributed by atoms with Gasteiger partial charge in [0, 0.05) is 29.9 Å². The molecule has 0 aliphatic rings. The number of benzene rings is 1. The lowest BCUT2D eigenvalue weighted by Crippen LogP contribution is -2.53. The van der Waals surface area contributed by atoms with E-state index in [-0.39, 0.29) is 25.8 Å². The largest absolute Gasteiger partial charge is 0.480 e. The van der Waals surface area contributed by atoms with Crippen LogP contribution in [-0.4, -0.2) is 64.9 Å². The second-order valence-corrected chi connectivity index (χ2v) is 7.07. The normalized spacial score (nSPS) is 12.5. The Hall–Kier alpha value is -3.93. The summed E-state index contributed by atoms with van der Waals surface area (Å²) in [7, 11) is 0. The second kappa shape index (κ2) is 11.5. The van der Waals surface area contributed by atoms with E-state index in [1.54, 1.807) is 6.20 Å². The van der Waals surface area contributed by atoms with Gasteiger partial charge >= 0.3 is 5.97 Å². The molecule has 2 rings (SSSR count). The summed E-state index contributed by atoms with van der Waals surface area (Å²) in [5, 5.41) is 17.4. The number of carbonyl (C=O) groups is 5. The van der Waals surface area contributed by atoms with Crippen molar-refractivity contribution in [3.8, 4) is 0 Å². The van der Waals surface area contributed by atoms with Crippen molar-refractivity contribution in [2.45, 2.75) is 31.3 Å². The van der Waals surface area contributed by atoms with Gasteiger partial charge in [0.15, 0.2) is 0 Å². The maximum atomic E-state index is 12.7. The minimum Gasteiger partial charge on any atom is -0.480 e. The van der Waals surface area contributed by atoms with Crippen molar-refractivity contribution < 1.29 is 29.1 Å². The van der Waals surface area contributed by atoms with Gasteiger partial charge in [0.25, 0.3) is 0 Å². The third-order valence-electron chi connectivity index (χ3n) is 4.68. The van der Waals surface area contributed by atoms with Crippen LogP contribution in [0.25, 0.3) is 10.9 Å². The quantitative estimate of drug-likeness (QED) is 0.197. The lowest BCUT2D eigenvalue weighted by Gasteiger charge is -2.21. The van der Waals surface area contributed by atoms with Crippen LogP contribution in [0.3, 0.4) is 0 Å². The molecule has 172 valence electrons. The van der Waals surface area contributed by atoms with Gasteiger partial charge in [-0.2, -0.15) is 0 Å². The SMILES string of the molecule is NCC(=O)NCC(=O)NC(CCC(N)=O)C(=O)NC(Cc1c[nH]c2ccccc12)C(=O)O. The fourth-order valence-electron chi connectivity index (χ4n) is 3.04. The first kappa shape index (κ1) is 24.3. The third-order valence-corrected chi connectivity index (χ3v) is 4.68. The van der Waals surface area contributed by atoms with Crippen LogP contribution in [0, 0.1) is 0 Å². The van der Waals surface area contributed by atoms with Crippen LogP contribution in [0.2, 0.25) is 0 Å². The van der Waals surface area contributed by atoms with Gasteiger partial charge in [0.2, 0.25) is 23.6 Å². The number of hydrogen-bond acceptors (Lipinski definition) is 6. The Bertz CT molecular complexity index is 1000. The summed E-state index contributed by atoms with van der Waals surface area (Å²) in [5.41, 5.74) is 11.8. The predicted molar refractivity (Wildman–Crippen MR) is 114 cm³/mol. The molecule has 4 amide bonds. The van der Waals surface area contributed by atoms with Crippen molar-refractivity contribution in [2.24, 2.45) is 11.5 Å². The van der Waals surface area contributed by atoms with Crippen LogP contribution in [0.5, 0.6) is 0 Å². The Morgan fingerprint density at radius 2 is 1.75 bits per heavy atom. The average Bonchev–Trinajstić information content (AvgIpc) is 3.16. The minimum absolute atomic E-state index is 0.00582. The van der Waals surface area contributed by atoms with E-state index < -0.39 is 48.2 Å². The van der Waals surface area contributed by atoms with E-state index in [1.807, 2.05) is 24.3 Å². The molecule has 32 heavy (non-hydrogen) atoms. The fraction of sp³-hybridized carbons (Fsp3) is 0.350. The molecule has 2 unspecified atom stereocenters. The Morgan fingerprint density at radius 1 is 1.03 bits per heavy atom. The number of rotatable bonds is 12. The average molecular weight is 446 g/mol. The molecule has 0 aliphatic carbocycles. The first-order valence-electron chi connectivity index (χ1n) is 9.83. The molecule has 0 saturated heterocycles. The highest BCUT2D eigenvalue weighted by molar-refractivity contribution is 5.93. The number of H-pyrrole nitrogens is 1.